The van der Waals surface area contributed by atoms with Crippen LogP contribution in [0.4, 0.5) is 5.00 Å². The molecule has 0 saturated carbocycles. The van der Waals surface area contributed by atoms with Crippen molar-refractivity contribution in [3.63, 3.8) is 0 Å². The van der Waals surface area contributed by atoms with Crippen LogP contribution in [0, 0.1) is 13.8 Å². The summed E-state index contributed by atoms with van der Waals surface area (Å²) in [6.45, 7) is 4.99. The molecule has 128 valence electrons. The van der Waals surface area contributed by atoms with E-state index in [1.54, 1.807) is 32.9 Å². The lowest BCUT2D eigenvalue weighted by molar-refractivity contribution is -0.119. The van der Waals surface area contributed by atoms with Crippen LogP contribution in [0.1, 0.15) is 38.3 Å². The molecule has 0 radical (unpaired) electrons. The zero-order valence-corrected chi connectivity index (χ0v) is 14.3. The Morgan fingerprint density at radius 1 is 1.17 bits per heavy atom. The summed E-state index contributed by atoms with van der Waals surface area (Å²) in [5.41, 5.74) is 1.34. The molecule has 0 atom stereocenters. The van der Waals surface area contributed by atoms with Crippen molar-refractivity contribution in [1.29, 1.82) is 0 Å². The largest absolute Gasteiger partial charge is 0.462 e. The van der Waals surface area contributed by atoms with Gasteiger partial charge in [-0.3, -0.25) is 4.79 Å². The number of thiophene rings is 1. The molecule has 0 aliphatic rings. The highest BCUT2D eigenvalue weighted by Crippen LogP contribution is 2.27. The topological polar surface area (TPSA) is 94.8 Å². The Bertz CT molecular complexity index is 760. The lowest BCUT2D eigenvalue weighted by atomic mass is 10.3. The zero-order valence-electron chi connectivity index (χ0n) is 13.5. The van der Waals surface area contributed by atoms with Crippen molar-refractivity contribution in [1.82, 2.24) is 0 Å². The van der Waals surface area contributed by atoms with Crippen LogP contribution in [0.5, 0.6) is 0 Å². The minimum absolute atomic E-state index is 0.0689. The number of ether oxygens (including phenoxy) is 2. The molecule has 0 aliphatic carbocycles. The number of anilines is 1. The Labute approximate surface area is 142 Å². The van der Waals surface area contributed by atoms with Crippen molar-refractivity contribution >= 4 is 34.2 Å². The van der Waals surface area contributed by atoms with E-state index in [2.05, 4.69) is 5.32 Å². The molecule has 8 heteroatoms. The number of rotatable bonds is 6. The van der Waals surface area contributed by atoms with Gasteiger partial charge in [-0.15, -0.1) is 11.3 Å². The fraction of sp³-hybridized carbons (Fsp3) is 0.312. The molecule has 24 heavy (non-hydrogen) atoms. The van der Waals surface area contributed by atoms with Crippen molar-refractivity contribution in [2.24, 2.45) is 0 Å². The predicted molar refractivity (Wildman–Crippen MR) is 87.4 cm³/mol. The molecule has 0 aromatic carbocycles. The lowest BCUT2D eigenvalue weighted by Gasteiger charge is -2.04. The molecular formula is C16H17NO6S. The molecule has 1 N–H and O–H groups in total. The lowest BCUT2D eigenvalue weighted by Crippen LogP contribution is -2.20. The van der Waals surface area contributed by atoms with Gasteiger partial charge in [0.1, 0.15) is 4.88 Å². The number of nitrogens with one attached hydrogen (secondary N) is 1. The Morgan fingerprint density at radius 2 is 1.92 bits per heavy atom. The number of carbonyl (C=O) groups excluding carboxylic acids is 3. The highest BCUT2D eigenvalue weighted by molar-refractivity contribution is 7.18. The molecule has 0 saturated heterocycles. The SMILES string of the molecule is CCOC(=O)c1sc(NC(=O)COC(=O)c2occc2C)cc1C. The summed E-state index contributed by atoms with van der Waals surface area (Å²) < 4.78 is 14.8. The summed E-state index contributed by atoms with van der Waals surface area (Å²) in [5, 5.41) is 3.06. The van der Waals surface area contributed by atoms with Crippen molar-refractivity contribution in [3.05, 3.63) is 40.2 Å². The maximum Gasteiger partial charge on any atom is 0.375 e. The molecule has 1 amide bonds. The van der Waals surface area contributed by atoms with E-state index in [0.717, 1.165) is 11.3 Å². The number of esters is 2. The monoisotopic (exact) mass is 351 g/mol. The highest BCUT2D eigenvalue weighted by Gasteiger charge is 2.18. The van der Waals surface area contributed by atoms with Crippen LogP contribution in [-0.2, 0) is 14.3 Å². The van der Waals surface area contributed by atoms with Crippen LogP contribution in [0.15, 0.2) is 22.8 Å². The smallest absolute Gasteiger partial charge is 0.375 e. The third-order valence-corrected chi connectivity index (χ3v) is 4.16. The quantitative estimate of drug-likeness (QED) is 0.804. The summed E-state index contributed by atoms with van der Waals surface area (Å²) >= 11 is 1.10. The van der Waals surface area contributed by atoms with Gasteiger partial charge in [0.25, 0.3) is 5.91 Å². The maximum absolute atomic E-state index is 11.9. The minimum atomic E-state index is -0.706. The molecule has 0 fully saturated rings. The van der Waals surface area contributed by atoms with E-state index in [0.29, 0.717) is 21.0 Å². The fourth-order valence-corrected chi connectivity index (χ4v) is 2.88. The van der Waals surface area contributed by atoms with Gasteiger partial charge in [-0.2, -0.15) is 0 Å². The van der Waals surface area contributed by atoms with Crippen LogP contribution in [-0.4, -0.2) is 31.1 Å². The number of hydrogen-bond donors (Lipinski definition) is 1. The van der Waals surface area contributed by atoms with Gasteiger partial charge < -0.3 is 19.2 Å². The first-order valence-corrected chi connectivity index (χ1v) is 8.02. The maximum atomic E-state index is 11.9. The molecule has 7 nitrogen and oxygen atoms in total. The zero-order chi connectivity index (χ0) is 17.7. The van der Waals surface area contributed by atoms with Crippen molar-refractivity contribution in [2.45, 2.75) is 20.8 Å². The van der Waals surface area contributed by atoms with Crippen LogP contribution < -0.4 is 5.32 Å². The van der Waals surface area contributed by atoms with Crippen molar-refractivity contribution in [2.75, 3.05) is 18.5 Å². The van der Waals surface area contributed by atoms with Crippen LogP contribution in [0.3, 0.4) is 0 Å². The van der Waals surface area contributed by atoms with Crippen molar-refractivity contribution < 1.29 is 28.3 Å². The Morgan fingerprint density at radius 3 is 2.54 bits per heavy atom. The second kappa shape index (κ2) is 7.78. The number of aryl methyl sites for hydroxylation is 2. The van der Waals surface area contributed by atoms with Crippen molar-refractivity contribution in [3.8, 4) is 0 Å². The summed E-state index contributed by atoms with van der Waals surface area (Å²) in [4.78, 5) is 35.8. The highest BCUT2D eigenvalue weighted by atomic mass is 32.1. The predicted octanol–water partition coefficient (Wildman–Crippen LogP) is 2.93. The Kier molecular flexibility index (Phi) is 5.75. The van der Waals surface area contributed by atoms with Crippen LogP contribution >= 0.6 is 11.3 Å². The molecule has 0 aliphatic heterocycles. The molecule has 2 aromatic heterocycles. The first-order chi connectivity index (χ1) is 11.4. The van der Waals surface area contributed by atoms with E-state index in [-0.39, 0.29) is 12.4 Å². The third kappa shape index (κ3) is 4.23. The summed E-state index contributed by atoms with van der Waals surface area (Å²) in [6, 6.07) is 3.29. The van der Waals surface area contributed by atoms with Gasteiger partial charge in [0, 0.05) is 5.56 Å². The van der Waals surface area contributed by atoms with E-state index in [1.807, 2.05) is 0 Å². The van der Waals surface area contributed by atoms with Gasteiger partial charge >= 0.3 is 11.9 Å². The normalized spacial score (nSPS) is 10.3. The summed E-state index contributed by atoms with van der Waals surface area (Å²) in [5.74, 6) is -1.58. The van der Waals surface area contributed by atoms with E-state index >= 15 is 0 Å². The van der Waals surface area contributed by atoms with Gasteiger partial charge in [-0.1, -0.05) is 0 Å². The van der Waals surface area contributed by atoms with Gasteiger partial charge in [-0.05, 0) is 38.5 Å². The van der Waals surface area contributed by atoms with Gasteiger partial charge in [0.15, 0.2) is 6.61 Å². The fourth-order valence-electron chi connectivity index (χ4n) is 1.89. The average molecular weight is 351 g/mol. The molecule has 2 aromatic rings. The number of hydrogen-bond acceptors (Lipinski definition) is 7. The molecule has 2 heterocycles. The minimum Gasteiger partial charge on any atom is -0.462 e. The summed E-state index contributed by atoms with van der Waals surface area (Å²) in [6.07, 6.45) is 1.37. The van der Waals surface area contributed by atoms with E-state index in [1.165, 1.54) is 6.26 Å². The first-order valence-electron chi connectivity index (χ1n) is 7.21. The Balaban J connectivity index is 1.91. The second-order valence-electron chi connectivity index (χ2n) is 4.90. The molecule has 2 rings (SSSR count). The van der Waals surface area contributed by atoms with Crippen LogP contribution in [0.2, 0.25) is 0 Å². The number of amides is 1. The first kappa shape index (κ1) is 17.7. The molecule has 0 unspecified atom stereocenters. The molecular weight excluding hydrogens is 334 g/mol. The third-order valence-electron chi connectivity index (χ3n) is 3.02. The van der Waals surface area contributed by atoms with Gasteiger partial charge in [-0.25, -0.2) is 9.59 Å². The molecule has 0 bridgehead atoms. The van der Waals surface area contributed by atoms with E-state index in [4.69, 9.17) is 13.9 Å². The Hall–Kier alpha value is -2.61. The number of carbonyl (C=O) groups is 3. The van der Waals surface area contributed by atoms with E-state index < -0.39 is 24.5 Å². The average Bonchev–Trinajstić information content (AvgIpc) is 3.11. The van der Waals surface area contributed by atoms with E-state index in [9.17, 15) is 14.4 Å². The van der Waals surface area contributed by atoms with Gasteiger partial charge in [0.05, 0.1) is 17.9 Å². The molecule has 0 spiro atoms. The van der Waals surface area contributed by atoms with Crippen LogP contribution in [0.25, 0.3) is 0 Å². The number of furan rings is 1. The van der Waals surface area contributed by atoms with Gasteiger partial charge in [0.2, 0.25) is 5.76 Å². The standard InChI is InChI=1S/C16H17NO6S/c1-4-21-16(20)14-10(3)7-12(24-14)17-11(18)8-23-15(19)13-9(2)5-6-22-13/h5-7H,4,8H2,1-3H3,(H,17,18). The summed E-state index contributed by atoms with van der Waals surface area (Å²) in [7, 11) is 0. The second-order valence-corrected chi connectivity index (χ2v) is 5.95.